The molecule has 0 spiro atoms. The summed E-state index contributed by atoms with van der Waals surface area (Å²) >= 11 is 0. The summed E-state index contributed by atoms with van der Waals surface area (Å²) in [5.74, 6) is 0.461. The van der Waals surface area contributed by atoms with Crippen LogP contribution in [0, 0.1) is 18.3 Å². The number of ketones is 1. The van der Waals surface area contributed by atoms with Crippen molar-refractivity contribution < 1.29 is 9.59 Å². The number of fused-ring (bicyclic) bond motifs is 1. The highest BCUT2D eigenvalue weighted by Gasteiger charge is 2.35. The molecule has 1 aromatic rings. The zero-order chi connectivity index (χ0) is 18.2. The van der Waals surface area contributed by atoms with Crippen LogP contribution in [-0.4, -0.2) is 48.3 Å². The van der Waals surface area contributed by atoms with Gasteiger partial charge in [0.2, 0.25) is 0 Å². The van der Waals surface area contributed by atoms with Gasteiger partial charge in [0.05, 0.1) is 0 Å². The smallest absolute Gasteiger partial charge is 0.268 e. The van der Waals surface area contributed by atoms with Crippen molar-refractivity contribution in [3.8, 4) is 0 Å². The summed E-state index contributed by atoms with van der Waals surface area (Å²) in [5, 5.41) is 3.02. The largest absolute Gasteiger partial charge is 0.354 e. The number of nitrogens with zero attached hydrogens (tertiary/aromatic N) is 1. The second-order valence-corrected chi connectivity index (χ2v) is 8.40. The number of hydrogen-bond acceptors (Lipinski definition) is 3. The molecule has 1 amide bonds. The average molecular weight is 333 g/mol. The highest BCUT2D eigenvalue weighted by molar-refractivity contribution is 6.04. The van der Waals surface area contributed by atoms with Crippen molar-refractivity contribution in [2.24, 2.45) is 11.3 Å². The molecule has 1 aromatic heterocycles. The Bertz CT molecular complexity index is 633. The molecule has 0 bridgehead atoms. The van der Waals surface area contributed by atoms with Crippen LogP contribution in [0.25, 0.3) is 0 Å². The lowest BCUT2D eigenvalue weighted by Crippen LogP contribution is -2.43. The lowest BCUT2D eigenvalue weighted by Gasteiger charge is -2.28. The number of hydrogen-bond donors (Lipinski definition) is 2. The maximum Gasteiger partial charge on any atom is 0.268 e. The zero-order valence-electron chi connectivity index (χ0n) is 16.0. The molecule has 5 heteroatoms. The Kier molecular flexibility index (Phi) is 5.23. The Morgan fingerprint density at radius 2 is 1.92 bits per heavy atom. The zero-order valence-corrected chi connectivity index (χ0v) is 16.0. The second kappa shape index (κ2) is 6.71. The number of aromatic amines is 1. The van der Waals surface area contributed by atoms with Crippen LogP contribution in [0.5, 0.6) is 0 Å². The van der Waals surface area contributed by atoms with Gasteiger partial charge in [-0.05, 0) is 44.3 Å². The predicted octanol–water partition coefficient (Wildman–Crippen LogP) is 2.79. The summed E-state index contributed by atoms with van der Waals surface area (Å²) in [4.78, 5) is 30.4. The second-order valence-electron chi connectivity index (χ2n) is 8.40. The molecule has 1 atom stereocenters. The third kappa shape index (κ3) is 3.72. The summed E-state index contributed by atoms with van der Waals surface area (Å²) in [5.41, 5.74) is 2.91. The standard InChI is InChI=1S/C19H31N3O2/c1-11(2)14(22(6)7)10-20-18(24)17-12(3)16-13(21-17)8-19(4,5)9-15(16)23/h11,14,21H,8-10H2,1-7H3,(H,20,24). The van der Waals surface area contributed by atoms with Gasteiger partial charge in [0.1, 0.15) is 5.69 Å². The lowest BCUT2D eigenvalue weighted by molar-refractivity contribution is 0.0908. The van der Waals surface area contributed by atoms with Crippen LogP contribution in [0.1, 0.15) is 66.2 Å². The van der Waals surface area contributed by atoms with E-state index < -0.39 is 0 Å². The minimum Gasteiger partial charge on any atom is -0.354 e. The van der Waals surface area contributed by atoms with E-state index in [4.69, 9.17) is 0 Å². The topological polar surface area (TPSA) is 65.2 Å². The van der Waals surface area contributed by atoms with Crippen LogP contribution in [0.2, 0.25) is 0 Å². The highest BCUT2D eigenvalue weighted by Crippen LogP contribution is 2.36. The molecular weight excluding hydrogens is 302 g/mol. The van der Waals surface area contributed by atoms with E-state index in [1.165, 1.54) is 0 Å². The number of amides is 1. The maximum absolute atomic E-state index is 12.6. The van der Waals surface area contributed by atoms with E-state index in [2.05, 4.69) is 42.9 Å². The molecule has 1 unspecified atom stereocenters. The molecule has 1 aliphatic rings. The van der Waals surface area contributed by atoms with Crippen LogP contribution >= 0.6 is 0 Å². The molecule has 24 heavy (non-hydrogen) atoms. The number of nitrogens with one attached hydrogen (secondary N) is 2. The number of likely N-dealkylation sites (N-methyl/N-ethyl adjacent to an activating group) is 1. The summed E-state index contributed by atoms with van der Waals surface area (Å²) in [6, 6.07) is 0.277. The van der Waals surface area contributed by atoms with Gasteiger partial charge in [-0.1, -0.05) is 27.7 Å². The summed E-state index contributed by atoms with van der Waals surface area (Å²) in [6.07, 6.45) is 1.34. The third-order valence-corrected chi connectivity index (χ3v) is 5.03. The fraction of sp³-hybridized carbons (Fsp3) is 0.684. The van der Waals surface area contributed by atoms with E-state index in [9.17, 15) is 9.59 Å². The molecular formula is C19H31N3O2. The minimum absolute atomic E-state index is 0.0528. The van der Waals surface area contributed by atoms with Gasteiger partial charge in [0, 0.05) is 30.3 Å². The number of aromatic nitrogens is 1. The van der Waals surface area contributed by atoms with Gasteiger partial charge in [-0.2, -0.15) is 0 Å². The Balaban J connectivity index is 2.19. The number of H-pyrrole nitrogens is 1. The molecule has 2 rings (SSSR count). The number of rotatable bonds is 5. The van der Waals surface area contributed by atoms with E-state index in [0.29, 0.717) is 24.6 Å². The van der Waals surface area contributed by atoms with Crippen molar-refractivity contribution in [3.63, 3.8) is 0 Å². The molecule has 0 fully saturated rings. The van der Waals surface area contributed by atoms with Crippen molar-refractivity contribution in [3.05, 3.63) is 22.5 Å². The fourth-order valence-corrected chi connectivity index (χ4v) is 3.76. The minimum atomic E-state index is -0.125. The van der Waals surface area contributed by atoms with Crippen LogP contribution in [0.3, 0.4) is 0 Å². The molecule has 134 valence electrons. The van der Waals surface area contributed by atoms with E-state index >= 15 is 0 Å². The van der Waals surface area contributed by atoms with Gasteiger partial charge >= 0.3 is 0 Å². The van der Waals surface area contributed by atoms with Gasteiger partial charge < -0.3 is 15.2 Å². The van der Waals surface area contributed by atoms with Crippen molar-refractivity contribution in [2.45, 2.75) is 53.5 Å². The summed E-state index contributed by atoms with van der Waals surface area (Å²) in [7, 11) is 4.05. The summed E-state index contributed by atoms with van der Waals surface area (Å²) < 4.78 is 0. The first-order chi connectivity index (χ1) is 11.0. The van der Waals surface area contributed by atoms with E-state index in [1.807, 2.05) is 21.0 Å². The van der Waals surface area contributed by atoms with Crippen molar-refractivity contribution in [2.75, 3.05) is 20.6 Å². The molecule has 2 N–H and O–H groups in total. The van der Waals surface area contributed by atoms with E-state index in [1.54, 1.807) is 0 Å². The van der Waals surface area contributed by atoms with Crippen molar-refractivity contribution in [1.29, 1.82) is 0 Å². The first-order valence-electron chi connectivity index (χ1n) is 8.72. The Morgan fingerprint density at radius 1 is 1.29 bits per heavy atom. The first-order valence-corrected chi connectivity index (χ1v) is 8.72. The van der Waals surface area contributed by atoms with Gasteiger partial charge in [-0.15, -0.1) is 0 Å². The maximum atomic E-state index is 12.6. The van der Waals surface area contributed by atoms with Crippen molar-refractivity contribution >= 4 is 11.7 Å². The molecule has 0 saturated heterocycles. The van der Waals surface area contributed by atoms with Gasteiger partial charge in [0.15, 0.2) is 5.78 Å². The fourth-order valence-electron chi connectivity index (χ4n) is 3.76. The monoisotopic (exact) mass is 333 g/mol. The number of carbonyl (C=O) groups is 2. The normalized spacial score (nSPS) is 18.0. The molecule has 1 aliphatic carbocycles. The molecule has 0 aliphatic heterocycles. The average Bonchev–Trinajstić information content (AvgIpc) is 2.73. The molecule has 1 heterocycles. The Morgan fingerprint density at radius 3 is 2.46 bits per heavy atom. The molecule has 5 nitrogen and oxygen atoms in total. The van der Waals surface area contributed by atoms with Gasteiger partial charge in [0.25, 0.3) is 5.91 Å². The molecule has 0 aromatic carbocycles. The van der Waals surface area contributed by atoms with Crippen molar-refractivity contribution in [1.82, 2.24) is 15.2 Å². The molecule has 0 saturated carbocycles. The first kappa shape index (κ1) is 18.7. The summed E-state index contributed by atoms with van der Waals surface area (Å²) in [6.45, 7) is 10.9. The van der Waals surface area contributed by atoms with Crippen LogP contribution in [0.15, 0.2) is 0 Å². The van der Waals surface area contributed by atoms with Crippen LogP contribution in [0.4, 0.5) is 0 Å². The third-order valence-electron chi connectivity index (χ3n) is 5.03. The van der Waals surface area contributed by atoms with Crippen LogP contribution in [-0.2, 0) is 6.42 Å². The number of Topliss-reactive ketones (excluding diaryl/α,β-unsaturated/α-hetero) is 1. The lowest BCUT2D eigenvalue weighted by atomic mass is 9.75. The van der Waals surface area contributed by atoms with Gasteiger partial charge in [-0.25, -0.2) is 0 Å². The van der Waals surface area contributed by atoms with E-state index in [0.717, 1.165) is 23.2 Å². The predicted molar refractivity (Wildman–Crippen MR) is 96.6 cm³/mol. The Labute approximate surface area is 145 Å². The molecule has 0 radical (unpaired) electrons. The highest BCUT2D eigenvalue weighted by atomic mass is 16.2. The number of carbonyl (C=O) groups excluding carboxylic acids is 2. The van der Waals surface area contributed by atoms with E-state index in [-0.39, 0.29) is 23.1 Å². The SMILES string of the molecule is Cc1c(C(=O)NCC(C(C)C)N(C)C)[nH]c2c1C(=O)CC(C)(C)C2. The van der Waals surface area contributed by atoms with Crippen LogP contribution < -0.4 is 5.32 Å². The quantitative estimate of drug-likeness (QED) is 0.871. The van der Waals surface area contributed by atoms with Gasteiger partial charge in [-0.3, -0.25) is 9.59 Å². The Hall–Kier alpha value is -1.62.